The molecule has 2 rings (SSSR count). The topological polar surface area (TPSA) is 17.1 Å². The molecule has 0 aromatic rings. The van der Waals surface area contributed by atoms with Gasteiger partial charge >= 0.3 is 0 Å². The molecule has 0 saturated heterocycles. The Labute approximate surface area is 49.1 Å². The van der Waals surface area contributed by atoms with Crippen LogP contribution in [0.2, 0.25) is 0 Å². The van der Waals surface area contributed by atoms with Crippen LogP contribution in [0, 0.1) is 11.3 Å². The van der Waals surface area contributed by atoms with Crippen molar-refractivity contribution in [1.29, 1.82) is 0 Å². The first-order valence-corrected chi connectivity index (χ1v) is 3.34. The van der Waals surface area contributed by atoms with Gasteiger partial charge < -0.3 is 4.79 Å². The molecule has 2 saturated carbocycles. The standard InChI is InChI=1S/C7H10O/c8-5-7-3-1-6(7)2-4-7/h5-6H,1-4H2. The molecule has 0 atom stereocenters. The monoisotopic (exact) mass is 110 g/mol. The van der Waals surface area contributed by atoms with E-state index >= 15 is 0 Å². The van der Waals surface area contributed by atoms with Crippen LogP contribution in [0.15, 0.2) is 0 Å². The summed E-state index contributed by atoms with van der Waals surface area (Å²) in [6.07, 6.45) is 6.18. The maximum absolute atomic E-state index is 10.4. The zero-order valence-corrected chi connectivity index (χ0v) is 4.89. The van der Waals surface area contributed by atoms with Gasteiger partial charge in [0.05, 0.1) is 0 Å². The van der Waals surface area contributed by atoms with Gasteiger partial charge in [-0.25, -0.2) is 0 Å². The van der Waals surface area contributed by atoms with E-state index in [0.717, 1.165) is 5.92 Å². The summed E-state index contributed by atoms with van der Waals surface area (Å²) in [6.45, 7) is 0. The van der Waals surface area contributed by atoms with Crippen LogP contribution in [0.1, 0.15) is 25.7 Å². The summed E-state index contributed by atoms with van der Waals surface area (Å²) in [5.74, 6) is 0.806. The molecule has 0 unspecified atom stereocenters. The van der Waals surface area contributed by atoms with Crippen LogP contribution in [0.5, 0.6) is 0 Å². The fourth-order valence-corrected chi connectivity index (χ4v) is 1.92. The van der Waals surface area contributed by atoms with Gasteiger partial charge in [-0.1, -0.05) is 0 Å². The highest BCUT2D eigenvalue weighted by atomic mass is 16.1. The number of hydrogen-bond acceptors (Lipinski definition) is 1. The van der Waals surface area contributed by atoms with Gasteiger partial charge in [0.1, 0.15) is 6.29 Å². The van der Waals surface area contributed by atoms with Gasteiger partial charge in [-0.3, -0.25) is 0 Å². The summed E-state index contributed by atoms with van der Waals surface area (Å²) < 4.78 is 0. The van der Waals surface area contributed by atoms with Crippen molar-refractivity contribution < 1.29 is 4.79 Å². The molecule has 0 spiro atoms. The average Bonchev–Trinajstić information content (AvgIpc) is 1.78. The van der Waals surface area contributed by atoms with Crippen molar-refractivity contribution in [2.45, 2.75) is 25.7 Å². The summed E-state index contributed by atoms with van der Waals surface area (Å²) >= 11 is 0. The molecule has 0 heterocycles. The lowest BCUT2D eigenvalue weighted by Gasteiger charge is -2.55. The van der Waals surface area contributed by atoms with Crippen molar-refractivity contribution in [3.63, 3.8) is 0 Å². The van der Waals surface area contributed by atoms with Crippen LogP contribution in [-0.4, -0.2) is 6.29 Å². The van der Waals surface area contributed by atoms with Gasteiger partial charge in [0.15, 0.2) is 0 Å². The summed E-state index contributed by atoms with van der Waals surface area (Å²) in [6, 6.07) is 0. The molecule has 1 nitrogen and oxygen atoms in total. The molecule has 0 aliphatic heterocycles. The molecule has 44 valence electrons. The third-order valence-electron chi connectivity index (χ3n) is 2.96. The van der Waals surface area contributed by atoms with Crippen LogP contribution < -0.4 is 0 Å². The van der Waals surface area contributed by atoms with Gasteiger partial charge in [0.25, 0.3) is 0 Å². The molecular formula is C7H10O. The molecule has 0 amide bonds. The Kier molecular flexibility index (Phi) is 0.651. The Hall–Kier alpha value is -0.330. The second-order valence-electron chi connectivity index (χ2n) is 3.13. The quantitative estimate of drug-likeness (QED) is 0.466. The molecule has 2 aliphatic rings. The Morgan fingerprint density at radius 3 is 2.00 bits per heavy atom. The van der Waals surface area contributed by atoms with Crippen LogP contribution >= 0.6 is 0 Å². The molecular weight excluding hydrogens is 100 g/mol. The Morgan fingerprint density at radius 2 is 2.00 bits per heavy atom. The highest BCUT2D eigenvalue weighted by molar-refractivity contribution is 5.63. The van der Waals surface area contributed by atoms with E-state index in [-0.39, 0.29) is 5.41 Å². The number of fused-ring (bicyclic) bond motifs is 1. The van der Waals surface area contributed by atoms with Gasteiger partial charge in [-0.15, -0.1) is 0 Å². The van der Waals surface area contributed by atoms with E-state index < -0.39 is 0 Å². The van der Waals surface area contributed by atoms with Crippen molar-refractivity contribution in [1.82, 2.24) is 0 Å². The third kappa shape index (κ3) is 0.289. The minimum atomic E-state index is 0.222. The highest BCUT2D eigenvalue weighted by Crippen LogP contribution is 2.59. The molecule has 0 aromatic carbocycles. The molecule has 8 heavy (non-hydrogen) atoms. The lowest BCUT2D eigenvalue weighted by Crippen LogP contribution is -2.49. The van der Waals surface area contributed by atoms with E-state index in [4.69, 9.17) is 0 Å². The maximum Gasteiger partial charge on any atom is 0.126 e. The summed E-state index contributed by atoms with van der Waals surface area (Å²) in [5, 5.41) is 0. The number of carbonyl (C=O) groups excluding carboxylic acids is 1. The first-order valence-electron chi connectivity index (χ1n) is 3.34. The lowest BCUT2D eigenvalue weighted by molar-refractivity contribution is -0.139. The van der Waals surface area contributed by atoms with Gasteiger partial charge in [-0.2, -0.15) is 0 Å². The summed E-state index contributed by atoms with van der Waals surface area (Å²) in [7, 11) is 0. The summed E-state index contributed by atoms with van der Waals surface area (Å²) in [4.78, 5) is 10.4. The molecule has 0 aromatic heterocycles. The lowest BCUT2D eigenvalue weighted by atomic mass is 9.48. The smallest absolute Gasteiger partial charge is 0.126 e. The molecule has 0 bridgehead atoms. The van der Waals surface area contributed by atoms with E-state index in [1.54, 1.807) is 0 Å². The zero-order chi connectivity index (χ0) is 5.61. The minimum Gasteiger partial charge on any atom is -0.303 e. The first kappa shape index (κ1) is 4.54. The van der Waals surface area contributed by atoms with Crippen molar-refractivity contribution in [3.8, 4) is 0 Å². The fourth-order valence-electron chi connectivity index (χ4n) is 1.92. The normalized spacial score (nSPS) is 50.8. The molecule has 1 heteroatoms. The second kappa shape index (κ2) is 1.15. The SMILES string of the molecule is O=CC12CCC1CC2. The third-order valence-corrected chi connectivity index (χ3v) is 2.96. The van der Waals surface area contributed by atoms with E-state index in [9.17, 15) is 4.79 Å². The number of hydrogen-bond donors (Lipinski definition) is 0. The minimum absolute atomic E-state index is 0.222. The number of rotatable bonds is 1. The Balaban J connectivity index is 2.15. The number of carbonyl (C=O) groups is 1. The Bertz CT molecular complexity index is 120. The van der Waals surface area contributed by atoms with Gasteiger partial charge in [0, 0.05) is 5.41 Å². The van der Waals surface area contributed by atoms with Gasteiger partial charge in [0.2, 0.25) is 0 Å². The number of aldehydes is 1. The largest absolute Gasteiger partial charge is 0.303 e. The maximum atomic E-state index is 10.4. The second-order valence-corrected chi connectivity index (χ2v) is 3.13. The van der Waals surface area contributed by atoms with E-state index in [1.807, 2.05) is 0 Å². The predicted octanol–water partition coefficient (Wildman–Crippen LogP) is 1.38. The highest BCUT2D eigenvalue weighted by Gasteiger charge is 2.53. The zero-order valence-electron chi connectivity index (χ0n) is 4.89. The van der Waals surface area contributed by atoms with Crippen molar-refractivity contribution in [3.05, 3.63) is 0 Å². The Morgan fingerprint density at radius 1 is 1.38 bits per heavy atom. The molecule has 2 fully saturated rings. The van der Waals surface area contributed by atoms with Gasteiger partial charge in [-0.05, 0) is 31.6 Å². The van der Waals surface area contributed by atoms with Crippen LogP contribution in [0.25, 0.3) is 0 Å². The molecule has 2 aliphatic carbocycles. The molecule has 0 radical (unpaired) electrons. The van der Waals surface area contributed by atoms with Crippen molar-refractivity contribution >= 4 is 6.29 Å². The van der Waals surface area contributed by atoms with E-state index in [2.05, 4.69) is 0 Å². The average molecular weight is 110 g/mol. The predicted molar refractivity (Wildman–Crippen MR) is 30.5 cm³/mol. The van der Waals surface area contributed by atoms with Crippen molar-refractivity contribution in [2.24, 2.45) is 11.3 Å². The van der Waals surface area contributed by atoms with Crippen molar-refractivity contribution in [2.75, 3.05) is 0 Å². The van der Waals surface area contributed by atoms with E-state index in [0.29, 0.717) is 0 Å². The molecule has 0 N–H and O–H groups in total. The summed E-state index contributed by atoms with van der Waals surface area (Å²) in [5.41, 5.74) is 0.222. The van der Waals surface area contributed by atoms with Crippen LogP contribution in [0.4, 0.5) is 0 Å². The van der Waals surface area contributed by atoms with Crippen LogP contribution in [-0.2, 0) is 4.79 Å². The van der Waals surface area contributed by atoms with E-state index in [1.165, 1.54) is 32.0 Å². The fraction of sp³-hybridized carbons (Fsp3) is 0.857. The first-order chi connectivity index (χ1) is 3.87. The van der Waals surface area contributed by atoms with Crippen LogP contribution in [0.3, 0.4) is 0 Å².